The van der Waals surface area contributed by atoms with E-state index in [0.29, 0.717) is 64.8 Å². The summed E-state index contributed by atoms with van der Waals surface area (Å²) in [6.45, 7) is 5.60. The van der Waals surface area contributed by atoms with Crippen LogP contribution in [0.4, 0.5) is 11.4 Å². The first kappa shape index (κ1) is 31.5. The molecule has 11 heteroatoms. The second kappa shape index (κ2) is 13.4. The van der Waals surface area contributed by atoms with Crippen LogP contribution in [0.5, 0.6) is 28.7 Å². The molecule has 0 saturated heterocycles. The zero-order valence-corrected chi connectivity index (χ0v) is 26.4. The molecule has 5 rings (SSSR count). The number of ether oxygens (including phenoxy) is 5. The van der Waals surface area contributed by atoms with Gasteiger partial charge in [0.2, 0.25) is 29.8 Å². The van der Waals surface area contributed by atoms with Crippen molar-refractivity contribution in [2.24, 2.45) is 5.92 Å². The number of carbonyl (C=O) groups excluding carboxylic acids is 2. The van der Waals surface area contributed by atoms with Gasteiger partial charge in [0.05, 0.1) is 33.1 Å². The maximum atomic E-state index is 13.8. The van der Waals surface area contributed by atoms with E-state index >= 15 is 0 Å². The van der Waals surface area contributed by atoms with E-state index in [1.807, 2.05) is 26.0 Å². The molecule has 0 saturated carbocycles. The topological polar surface area (TPSA) is 133 Å². The van der Waals surface area contributed by atoms with Gasteiger partial charge in [0.25, 0.3) is 0 Å². The molecule has 2 unspecified atom stereocenters. The SMILES string of the molecule is COc1cc2c(c(OC)c1OC)-c1ccc(NC(CC(C)C)C(=O)Nc3ccc4c(c3)OCO4)c(=O)cc1C(NC(C)=O)CC2. The lowest BCUT2D eigenvalue weighted by atomic mass is 9.95. The lowest BCUT2D eigenvalue weighted by Crippen LogP contribution is -2.37. The highest BCUT2D eigenvalue weighted by atomic mass is 16.7. The fraction of sp³-hybridized carbons (Fsp3) is 0.382. The van der Waals surface area contributed by atoms with Crippen LogP contribution in [0.2, 0.25) is 0 Å². The molecule has 2 amide bonds. The van der Waals surface area contributed by atoms with Crippen LogP contribution in [0, 0.1) is 5.92 Å². The quantitative estimate of drug-likeness (QED) is 0.286. The number of hydrogen-bond donors (Lipinski definition) is 3. The van der Waals surface area contributed by atoms with E-state index in [-0.39, 0.29) is 35.6 Å². The predicted octanol–water partition coefficient (Wildman–Crippen LogP) is 5.06. The third-order valence-corrected chi connectivity index (χ3v) is 7.91. The number of carbonyl (C=O) groups is 2. The minimum absolute atomic E-state index is 0.130. The highest BCUT2D eigenvalue weighted by Gasteiger charge is 2.30. The van der Waals surface area contributed by atoms with Crippen molar-refractivity contribution in [3.63, 3.8) is 0 Å². The summed E-state index contributed by atoms with van der Waals surface area (Å²) < 4.78 is 28.0. The first-order valence-corrected chi connectivity index (χ1v) is 14.9. The number of fused-ring (bicyclic) bond motifs is 4. The third-order valence-electron chi connectivity index (χ3n) is 7.91. The molecule has 238 valence electrons. The maximum Gasteiger partial charge on any atom is 0.246 e. The Morgan fingerprint density at radius 3 is 2.40 bits per heavy atom. The molecule has 1 aliphatic carbocycles. The summed E-state index contributed by atoms with van der Waals surface area (Å²) in [5.41, 5.74) is 3.49. The van der Waals surface area contributed by atoms with Gasteiger partial charge in [-0.1, -0.05) is 19.9 Å². The Kier molecular flexibility index (Phi) is 9.36. The average Bonchev–Trinajstić information content (AvgIpc) is 3.35. The van der Waals surface area contributed by atoms with Crippen LogP contribution in [0.1, 0.15) is 50.8 Å². The van der Waals surface area contributed by atoms with Gasteiger partial charge in [0.15, 0.2) is 23.0 Å². The van der Waals surface area contributed by atoms with Crippen molar-refractivity contribution in [2.75, 3.05) is 38.8 Å². The Morgan fingerprint density at radius 1 is 0.956 bits per heavy atom. The standard InChI is InChI=1S/C34H39N3O8/c1-18(2)13-26(34(40)36-21-8-12-28-29(15-21)45-17-44-28)37-25-11-9-22-23(16-27(25)39)24(35-19(3)38)10-7-20-14-30(41-4)32(42-5)33(43-6)31(20)22/h8-9,11-12,14-16,18,24,26H,7,10,13,17H2,1-6H3,(H,35,38)(H,36,40)(H,37,39). The number of hydrogen-bond acceptors (Lipinski definition) is 9. The third kappa shape index (κ3) is 6.62. The van der Waals surface area contributed by atoms with Gasteiger partial charge in [0, 0.05) is 24.2 Å². The minimum Gasteiger partial charge on any atom is -0.493 e. The normalized spacial score (nSPS) is 15.2. The molecule has 3 aromatic carbocycles. The molecule has 11 nitrogen and oxygen atoms in total. The number of nitrogens with one attached hydrogen (secondary N) is 3. The van der Waals surface area contributed by atoms with Crippen molar-refractivity contribution in [3.05, 3.63) is 63.8 Å². The largest absolute Gasteiger partial charge is 0.493 e. The van der Waals surface area contributed by atoms with Gasteiger partial charge in [-0.25, -0.2) is 0 Å². The van der Waals surface area contributed by atoms with Crippen LogP contribution in [0.25, 0.3) is 11.1 Å². The number of anilines is 2. The fourth-order valence-electron chi connectivity index (χ4n) is 5.92. The maximum absolute atomic E-state index is 13.8. The average molecular weight is 618 g/mol. The van der Waals surface area contributed by atoms with Gasteiger partial charge >= 0.3 is 0 Å². The first-order chi connectivity index (χ1) is 21.6. The Labute approximate surface area is 262 Å². The number of aryl methyl sites for hydroxylation is 1. The van der Waals surface area contributed by atoms with Gasteiger partial charge < -0.3 is 39.6 Å². The molecule has 3 N–H and O–H groups in total. The van der Waals surface area contributed by atoms with E-state index in [0.717, 1.165) is 11.1 Å². The zero-order valence-electron chi connectivity index (χ0n) is 26.4. The second-order valence-corrected chi connectivity index (χ2v) is 11.5. The Morgan fingerprint density at radius 2 is 1.71 bits per heavy atom. The molecule has 1 heterocycles. The first-order valence-electron chi connectivity index (χ1n) is 14.9. The van der Waals surface area contributed by atoms with E-state index in [9.17, 15) is 14.4 Å². The molecule has 45 heavy (non-hydrogen) atoms. The fourth-order valence-corrected chi connectivity index (χ4v) is 5.92. The Bertz CT molecular complexity index is 1670. The summed E-state index contributed by atoms with van der Waals surface area (Å²) in [4.78, 5) is 39.7. The number of benzene rings is 2. The summed E-state index contributed by atoms with van der Waals surface area (Å²) in [5, 5.41) is 9.17. The monoisotopic (exact) mass is 617 g/mol. The van der Waals surface area contributed by atoms with Crippen LogP contribution in [0.15, 0.2) is 47.3 Å². The van der Waals surface area contributed by atoms with E-state index < -0.39 is 12.1 Å². The van der Waals surface area contributed by atoms with Gasteiger partial charge in [-0.2, -0.15) is 0 Å². The molecule has 0 radical (unpaired) electrons. The van der Waals surface area contributed by atoms with E-state index in [1.54, 1.807) is 38.5 Å². The van der Waals surface area contributed by atoms with Gasteiger partial charge in [-0.3, -0.25) is 14.4 Å². The lowest BCUT2D eigenvalue weighted by Gasteiger charge is -2.21. The molecule has 0 fully saturated rings. The van der Waals surface area contributed by atoms with Gasteiger partial charge in [0.1, 0.15) is 6.04 Å². The summed E-state index contributed by atoms with van der Waals surface area (Å²) in [5.74, 6) is 2.21. The van der Waals surface area contributed by atoms with Gasteiger partial charge in [-0.05, 0) is 72.2 Å². The summed E-state index contributed by atoms with van der Waals surface area (Å²) in [6.07, 6.45) is 1.60. The number of methoxy groups -OCH3 is 3. The van der Waals surface area contributed by atoms with Crippen LogP contribution < -0.4 is 45.1 Å². The number of amides is 2. The van der Waals surface area contributed by atoms with Crippen LogP contribution in [-0.2, 0) is 16.0 Å². The van der Waals surface area contributed by atoms with Crippen molar-refractivity contribution in [1.29, 1.82) is 0 Å². The molecule has 3 aromatic rings. The molecule has 1 aliphatic heterocycles. The van der Waals surface area contributed by atoms with Crippen molar-refractivity contribution in [1.82, 2.24) is 5.32 Å². The summed E-state index contributed by atoms with van der Waals surface area (Å²) in [6, 6.07) is 11.0. The van der Waals surface area contributed by atoms with Crippen LogP contribution in [0.3, 0.4) is 0 Å². The van der Waals surface area contributed by atoms with Crippen molar-refractivity contribution in [2.45, 2.75) is 52.1 Å². The minimum atomic E-state index is -0.720. The van der Waals surface area contributed by atoms with Gasteiger partial charge in [-0.15, -0.1) is 0 Å². The lowest BCUT2D eigenvalue weighted by molar-refractivity contribution is -0.120. The molecule has 2 aliphatic rings. The molecular weight excluding hydrogens is 578 g/mol. The molecule has 0 spiro atoms. The molecule has 0 bridgehead atoms. The Balaban J connectivity index is 1.58. The molecule has 0 aromatic heterocycles. The smallest absolute Gasteiger partial charge is 0.246 e. The summed E-state index contributed by atoms with van der Waals surface area (Å²) >= 11 is 0. The van der Waals surface area contributed by atoms with Crippen molar-refractivity contribution < 1.29 is 33.3 Å². The highest BCUT2D eigenvalue weighted by Crippen LogP contribution is 2.50. The molecule has 2 atom stereocenters. The predicted molar refractivity (Wildman–Crippen MR) is 171 cm³/mol. The molecular formula is C34H39N3O8. The van der Waals surface area contributed by atoms with Crippen LogP contribution >= 0.6 is 0 Å². The number of rotatable bonds is 10. The Hall–Kier alpha value is -4.93. The second-order valence-electron chi connectivity index (χ2n) is 11.5. The highest BCUT2D eigenvalue weighted by molar-refractivity contribution is 5.97. The van der Waals surface area contributed by atoms with E-state index in [2.05, 4.69) is 16.0 Å². The van der Waals surface area contributed by atoms with Crippen molar-refractivity contribution in [3.8, 4) is 39.9 Å². The van der Waals surface area contributed by atoms with E-state index in [1.165, 1.54) is 20.1 Å². The zero-order chi connectivity index (χ0) is 32.2. The summed E-state index contributed by atoms with van der Waals surface area (Å²) in [7, 11) is 4.65. The van der Waals surface area contributed by atoms with E-state index in [4.69, 9.17) is 23.7 Å². The van der Waals surface area contributed by atoms with Crippen molar-refractivity contribution >= 4 is 23.2 Å². The van der Waals surface area contributed by atoms with Crippen LogP contribution in [-0.4, -0.2) is 46.0 Å².